The van der Waals surface area contributed by atoms with E-state index in [1.807, 2.05) is 12.1 Å². The van der Waals surface area contributed by atoms with Crippen molar-refractivity contribution < 1.29 is 14.6 Å². The number of aliphatic hydroxyl groups excluding tert-OH is 2. The highest BCUT2D eigenvalue weighted by molar-refractivity contribution is 6.99. The lowest BCUT2D eigenvalue weighted by Crippen LogP contribution is -2.68. The van der Waals surface area contributed by atoms with Crippen molar-refractivity contribution in [2.24, 2.45) is 5.92 Å². The third-order valence-electron chi connectivity index (χ3n) is 6.25. The molecular weight excluding hydrogens is 364 g/mol. The van der Waals surface area contributed by atoms with Gasteiger partial charge in [-0.2, -0.15) is 0 Å². The average molecular weight is 399 g/mol. The van der Waals surface area contributed by atoms with Crippen molar-refractivity contribution in [3.63, 3.8) is 0 Å². The second-order valence-electron chi connectivity index (χ2n) is 9.14. The summed E-state index contributed by atoms with van der Waals surface area (Å²) >= 11 is 0. The van der Waals surface area contributed by atoms with Crippen molar-refractivity contribution in [3.8, 4) is 0 Å². The van der Waals surface area contributed by atoms with Crippen LogP contribution >= 0.6 is 0 Å². The molecule has 1 fully saturated rings. The molecule has 3 rings (SSSR count). The molecule has 0 aliphatic heterocycles. The fourth-order valence-corrected chi connectivity index (χ4v) is 9.51. The first-order valence-corrected chi connectivity index (χ1v) is 12.3. The topological polar surface area (TPSA) is 49.7 Å². The standard InChI is InChI=1S/C24H34O3Si/c1-18(21-16-11-17-22(25)23(21)26)27-28(24(2,3)4,19-12-7-5-8-13-19)20-14-9-6-10-15-20/h5-10,12-15,18,21-23,25-26H,11,16-17H2,1-4H3/t18-,21+,22-,23+/m0/s1. The molecule has 0 amide bonds. The lowest BCUT2D eigenvalue weighted by molar-refractivity contribution is -0.0749. The van der Waals surface area contributed by atoms with Gasteiger partial charge in [0.2, 0.25) is 0 Å². The predicted octanol–water partition coefficient (Wildman–Crippen LogP) is 3.47. The van der Waals surface area contributed by atoms with Crippen molar-refractivity contribution in [1.29, 1.82) is 0 Å². The summed E-state index contributed by atoms with van der Waals surface area (Å²) in [6, 6.07) is 21.2. The summed E-state index contributed by atoms with van der Waals surface area (Å²) in [5, 5.41) is 23.2. The van der Waals surface area contributed by atoms with E-state index in [-0.39, 0.29) is 17.1 Å². The monoisotopic (exact) mass is 398 g/mol. The Balaban J connectivity index is 2.08. The molecule has 0 heterocycles. The van der Waals surface area contributed by atoms with Gasteiger partial charge in [-0.3, -0.25) is 0 Å². The summed E-state index contributed by atoms with van der Waals surface area (Å²) in [5.74, 6) is -0.0506. The average Bonchev–Trinajstić information content (AvgIpc) is 2.68. The molecule has 0 saturated heterocycles. The minimum absolute atomic E-state index is 0.0506. The van der Waals surface area contributed by atoms with E-state index in [9.17, 15) is 10.2 Å². The molecule has 0 bridgehead atoms. The van der Waals surface area contributed by atoms with Crippen LogP contribution in [0, 0.1) is 5.92 Å². The fourth-order valence-electron chi connectivity index (χ4n) is 4.76. The zero-order valence-corrected chi connectivity index (χ0v) is 18.5. The van der Waals surface area contributed by atoms with Crippen LogP contribution in [0.3, 0.4) is 0 Å². The van der Waals surface area contributed by atoms with Gasteiger partial charge in [0, 0.05) is 12.0 Å². The van der Waals surface area contributed by atoms with E-state index in [0.717, 1.165) is 12.8 Å². The van der Waals surface area contributed by atoms with Crippen LogP contribution in [-0.2, 0) is 4.43 Å². The lowest BCUT2D eigenvalue weighted by atomic mass is 9.81. The molecule has 0 aromatic heterocycles. The first kappa shape index (κ1) is 21.3. The first-order chi connectivity index (χ1) is 13.3. The van der Waals surface area contributed by atoms with Gasteiger partial charge in [0.25, 0.3) is 8.32 Å². The Morgan fingerprint density at radius 1 is 0.893 bits per heavy atom. The summed E-state index contributed by atoms with van der Waals surface area (Å²) in [6.45, 7) is 8.86. The van der Waals surface area contributed by atoms with Crippen LogP contribution in [0.5, 0.6) is 0 Å². The van der Waals surface area contributed by atoms with Crippen LogP contribution in [0.2, 0.25) is 5.04 Å². The predicted molar refractivity (Wildman–Crippen MR) is 118 cm³/mol. The van der Waals surface area contributed by atoms with Crippen molar-refractivity contribution in [3.05, 3.63) is 60.7 Å². The minimum atomic E-state index is -2.64. The molecule has 0 spiro atoms. The van der Waals surface area contributed by atoms with Crippen LogP contribution in [-0.4, -0.2) is 36.8 Å². The van der Waals surface area contributed by atoms with Crippen molar-refractivity contribution >= 4 is 18.7 Å². The number of aliphatic hydroxyl groups is 2. The molecule has 4 atom stereocenters. The molecule has 0 unspecified atom stereocenters. The first-order valence-electron chi connectivity index (χ1n) is 10.4. The molecule has 152 valence electrons. The van der Waals surface area contributed by atoms with Gasteiger partial charge >= 0.3 is 0 Å². The third-order valence-corrected chi connectivity index (χ3v) is 11.4. The zero-order valence-electron chi connectivity index (χ0n) is 17.5. The van der Waals surface area contributed by atoms with Gasteiger partial charge < -0.3 is 14.6 Å². The largest absolute Gasteiger partial charge is 0.404 e. The van der Waals surface area contributed by atoms with Gasteiger partial charge in [-0.15, -0.1) is 0 Å². The molecule has 4 heteroatoms. The number of benzene rings is 2. The van der Waals surface area contributed by atoms with Gasteiger partial charge in [-0.25, -0.2) is 0 Å². The van der Waals surface area contributed by atoms with E-state index in [1.54, 1.807) is 0 Å². The Labute approximate surface area is 170 Å². The molecule has 2 aromatic carbocycles. The quantitative estimate of drug-likeness (QED) is 0.758. The molecule has 3 nitrogen and oxygen atoms in total. The Hall–Kier alpha value is -1.46. The third kappa shape index (κ3) is 3.97. The van der Waals surface area contributed by atoms with Gasteiger partial charge in [0.1, 0.15) is 0 Å². The molecular formula is C24H34O3Si. The lowest BCUT2D eigenvalue weighted by Gasteiger charge is -2.47. The highest BCUT2D eigenvalue weighted by atomic mass is 28.4. The van der Waals surface area contributed by atoms with E-state index in [2.05, 4.69) is 76.2 Å². The van der Waals surface area contributed by atoms with E-state index in [4.69, 9.17) is 4.43 Å². The summed E-state index contributed by atoms with van der Waals surface area (Å²) in [6.07, 6.45) is 0.973. The normalized spacial score (nSPS) is 24.7. The van der Waals surface area contributed by atoms with Crippen LogP contribution in [0.15, 0.2) is 60.7 Å². The number of hydrogen-bond donors (Lipinski definition) is 2. The van der Waals surface area contributed by atoms with E-state index < -0.39 is 20.5 Å². The maximum atomic E-state index is 10.6. The molecule has 0 radical (unpaired) electrons. The summed E-state index contributed by atoms with van der Waals surface area (Å²) in [5.41, 5.74) is 0. The molecule has 2 aromatic rings. The van der Waals surface area contributed by atoms with Crippen LogP contribution in [0.4, 0.5) is 0 Å². The molecule has 2 N–H and O–H groups in total. The Morgan fingerprint density at radius 2 is 1.39 bits per heavy atom. The summed E-state index contributed by atoms with van der Waals surface area (Å²) < 4.78 is 7.10. The summed E-state index contributed by atoms with van der Waals surface area (Å²) in [7, 11) is -2.64. The smallest absolute Gasteiger partial charge is 0.261 e. The van der Waals surface area contributed by atoms with Crippen molar-refractivity contribution in [2.45, 2.75) is 70.3 Å². The van der Waals surface area contributed by atoms with Crippen molar-refractivity contribution in [2.75, 3.05) is 0 Å². The maximum absolute atomic E-state index is 10.6. The van der Waals surface area contributed by atoms with Gasteiger partial charge in [0.15, 0.2) is 0 Å². The fraction of sp³-hybridized carbons (Fsp3) is 0.500. The SMILES string of the molecule is C[C@H](O[Si](c1ccccc1)(c1ccccc1)C(C)(C)C)[C@H]1CCC[C@H](O)[C@@H]1O. The van der Waals surface area contributed by atoms with Gasteiger partial charge in [-0.05, 0) is 35.2 Å². The second-order valence-corrected chi connectivity index (χ2v) is 13.4. The molecule has 1 saturated carbocycles. The van der Waals surface area contributed by atoms with Gasteiger partial charge in [-0.1, -0.05) is 87.9 Å². The number of rotatable bonds is 5. The second kappa shape index (κ2) is 8.50. The highest BCUT2D eigenvalue weighted by Crippen LogP contribution is 2.39. The number of hydrogen-bond acceptors (Lipinski definition) is 3. The minimum Gasteiger partial charge on any atom is -0.404 e. The maximum Gasteiger partial charge on any atom is 0.261 e. The van der Waals surface area contributed by atoms with Crippen LogP contribution in [0.25, 0.3) is 0 Å². The van der Waals surface area contributed by atoms with Gasteiger partial charge in [0.05, 0.1) is 12.2 Å². The Bertz CT molecular complexity index is 702. The molecule has 28 heavy (non-hydrogen) atoms. The van der Waals surface area contributed by atoms with Crippen LogP contribution < -0.4 is 10.4 Å². The molecule has 1 aliphatic carbocycles. The van der Waals surface area contributed by atoms with Crippen molar-refractivity contribution in [1.82, 2.24) is 0 Å². The Kier molecular flexibility index (Phi) is 6.45. The van der Waals surface area contributed by atoms with Crippen LogP contribution in [0.1, 0.15) is 47.0 Å². The molecule has 1 aliphatic rings. The summed E-state index contributed by atoms with van der Waals surface area (Å²) in [4.78, 5) is 0. The van der Waals surface area contributed by atoms with E-state index in [1.165, 1.54) is 10.4 Å². The zero-order chi connectivity index (χ0) is 20.4. The Morgan fingerprint density at radius 3 is 1.86 bits per heavy atom. The highest BCUT2D eigenvalue weighted by Gasteiger charge is 2.52. The van der Waals surface area contributed by atoms with E-state index >= 15 is 0 Å². The van der Waals surface area contributed by atoms with E-state index in [0.29, 0.717) is 6.42 Å².